The lowest BCUT2D eigenvalue weighted by molar-refractivity contribution is 0.101. The van der Waals surface area contributed by atoms with Crippen LogP contribution in [-0.2, 0) is 13.1 Å². The van der Waals surface area contributed by atoms with Crippen molar-refractivity contribution in [3.63, 3.8) is 0 Å². The smallest absolute Gasteiger partial charge is 0.272 e. The SMILES string of the molecule is CCNCc1cccc(NC(=O)c2cccn2CC)c1. The molecule has 106 valence electrons. The molecular weight excluding hydrogens is 250 g/mol. The van der Waals surface area contributed by atoms with Crippen LogP contribution in [0.1, 0.15) is 29.9 Å². The fourth-order valence-electron chi connectivity index (χ4n) is 2.12. The number of hydrogen-bond donors (Lipinski definition) is 2. The Kier molecular flexibility index (Phi) is 4.96. The molecule has 0 aliphatic rings. The maximum absolute atomic E-state index is 12.2. The molecule has 0 unspecified atom stereocenters. The number of nitrogens with one attached hydrogen (secondary N) is 2. The number of aromatic nitrogens is 1. The Hall–Kier alpha value is -2.07. The van der Waals surface area contributed by atoms with Gasteiger partial charge in [-0.3, -0.25) is 4.79 Å². The molecule has 2 N–H and O–H groups in total. The van der Waals surface area contributed by atoms with Crippen molar-refractivity contribution in [2.75, 3.05) is 11.9 Å². The van der Waals surface area contributed by atoms with E-state index in [1.165, 1.54) is 0 Å². The van der Waals surface area contributed by atoms with Crippen molar-refractivity contribution in [3.8, 4) is 0 Å². The zero-order valence-corrected chi connectivity index (χ0v) is 12.0. The minimum atomic E-state index is -0.0718. The average Bonchev–Trinajstić information content (AvgIpc) is 2.94. The second kappa shape index (κ2) is 6.91. The Morgan fingerprint density at radius 2 is 2.05 bits per heavy atom. The van der Waals surface area contributed by atoms with Gasteiger partial charge in [0.25, 0.3) is 5.91 Å². The van der Waals surface area contributed by atoms with E-state index in [-0.39, 0.29) is 5.91 Å². The second-order valence-electron chi connectivity index (χ2n) is 4.61. The standard InChI is InChI=1S/C16H21N3O/c1-3-17-12-13-7-5-8-14(11-13)18-16(20)15-9-6-10-19(15)4-2/h5-11,17H,3-4,12H2,1-2H3,(H,18,20). The van der Waals surface area contributed by atoms with Gasteiger partial charge in [0.15, 0.2) is 0 Å². The van der Waals surface area contributed by atoms with Crippen LogP contribution in [0.25, 0.3) is 0 Å². The topological polar surface area (TPSA) is 46.1 Å². The molecule has 0 radical (unpaired) electrons. The third-order valence-electron chi connectivity index (χ3n) is 3.17. The average molecular weight is 271 g/mol. The third-order valence-corrected chi connectivity index (χ3v) is 3.17. The summed E-state index contributed by atoms with van der Waals surface area (Å²) in [6.07, 6.45) is 1.91. The summed E-state index contributed by atoms with van der Waals surface area (Å²) in [5.41, 5.74) is 2.68. The molecule has 1 heterocycles. The zero-order valence-electron chi connectivity index (χ0n) is 12.0. The lowest BCUT2D eigenvalue weighted by Crippen LogP contribution is -2.17. The quantitative estimate of drug-likeness (QED) is 0.848. The number of carbonyl (C=O) groups excluding carboxylic acids is 1. The molecule has 20 heavy (non-hydrogen) atoms. The molecule has 1 aromatic heterocycles. The van der Waals surface area contributed by atoms with E-state index in [2.05, 4.69) is 17.6 Å². The van der Waals surface area contributed by atoms with Crippen molar-refractivity contribution in [1.29, 1.82) is 0 Å². The minimum absolute atomic E-state index is 0.0718. The first kappa shape index (κ1) is 14.3. The van der Waals surface area contributed by atoms with E-state index >= 15 is 0 Å². The van der Waals surface area contributed by atoms with E-state index in [4.69, 9.17) is 0 Å². The van der Waals surface area contributed by atoms with Gasteiger partial charge < -0.3 is 15.2 Å². The first-order valence-electron chi connectivity index (χ1n) is 7.00. The van der Waals surface area contributed by atoms with Gasteiger partial charge in [0.1, 0.15) is 5.69 Å². The number of benzene rings is 1. The summed E-state index contributed by atoms with van der Waals surface area (Å²) in [6.45, 7) is 6.63. The summed E-state index contributed by atoms with van der Waals surface area (Å²) in [5.74, 6) is -0.0718. The molecule has 4 nitrogen and oxygen atoms in total. The molecule has 0 saturated heterocycles. The largest absolute Gasteiger partial charge is 0.344 e. The van der Waals surface area contributed by atoms with Gasteiger partial charge in [-0.2, -0.15) is 0 Å². The molecule has 2 aromatic rings. The molecule has 4 heteroatoms. The van der Waals surface area contributed by atoms with Crippen molar-refractivity contribution in [2.45, 2.75) is 26.9 Å². The highest BCUT2D eigenvalue weighted by atomic mass is 16.1. The molecule has 0 spiro atoms. The third kappa shape index (κ3) is 3.48. The van der Waals surface area contributed by atoms with Crippen LogP contribution in [0.3, 0.4) is 0 Å². The molecule has 1 amide bonds. The van der Waals surface area contributed by atoms with Crippen LogP contribution in [0, 0.1) is 0 Å². The predicted molar refractivity (Wildman–Crippen MR) is 81.9 cm³/mol. The van der Waals surface area contributed by atoms with E-state index in [0.717, 1.165) is 30.9 Å². The number of amides is 1. The summed E-state index contributed by atoms with van der Waals surface area (Å²) in [7, 11) is 0. The summed E-state index contributed by atoms with van der Waals surface area (Å²) in [5, 5.41) is 6.22. The molecule has 2 rings (SSSR count). The van der Waals surface area contributed by atoms with Crippen LogP contribution in [0.2, 0.25) is 0 Å². The summed E-state index contributed by atoms with van der Waals surface area (Å²) in [4.78, 5) is 12.2. The summed E-state index contributed by atoms with van der Waals surface area (Å²) < 4.78 is 1.93. The van der Waals surface area contributed by atoms with Gasteiger partial charge in [-0.15, -0.1) is 0 Å². The van der Waals surface area contributed by atoms with E-state index in [9.17, 15) is 4.79 Å². The van der Waals surface area contributed by atoms with Crippen molar-refractivity contribution < 1.29 is 4.79 Å². The van der Waals surface area contributed by atoms with E-state index < -0.39 is 0 Å². The Bertz CT molecular complexity index is 575. The monoisotopic (exact) mass is 271 g/mol. The maximum atomic E-state index is 12.2. The number of rotatable bonds is 6. The van der Waals surface area contributed by atoms with Crippen molar-refractivity contribution in [1.82, 2.24) is 9.88 Å². The van der Waals surface area contributed by atoms with Crippen LogP contribution >= 0.6 is 0 Å². The molecule has 0 bridgehead atoms. The lowest BCUT2D eigenvalue weighted by atomic mass is 10.2. The van der Waals surface area contributed by atoms with Gasteiger partial charge in [0.2, 0.25) is 0 Å². The Labute approximate surface area is 119 Å². The van der Waals surface area contributed by atoms with Gasteiger partial charge >= 0.3 is 0 Å². The molecule has 0 aliphatic heterocycles. The van der Waals surface area contributed by atoms with Gasteiger partial charge in [-0.25, -0.2) is 0 Å². The molecule has 1 aromatic carbocycles. The number of anilines is 1. The number of nitrogens with zero attached hydrogens (tertiary/aromatic N) is 1. The molecule has 0 aliphatic carbocycles. The van der Waals surface area contributed by atoms with Crippen LogP contribution < -0.4 is 10.6 Å². The fraction of sp³-hybridized carbons (Fsp3) is 0.312. The van der Waals surface area contributed by atoms with Crippen molar-refractivity contribution in [2.24, 2.45) is 0 Å². The molecule has 0 saturated carbocycles. The first-order chi connectivity index (χ1) is 9.74. The number of aryl methyl sites for hydroxylation is 1. The van der Waals surface area contributed by atoms with Crippen molar-refractivity contribution >= 4 is 11.6 Å². The Balaban J connectivity index is 2.08. The van der Waals surface area contributed by atoms with E-state index in [1.54, 1.807) is 0 Å². The molecule has 0 fully saturated rings. The maximum Gasteiger partial charge on any atom is 0.272 e. The number of hydrogen-bond acceptors (Lipinski definition) is 2. The van der Waals surface area contributed by atoms with Gasteiger partial charge in [-0.1, -0.05) is 19.1 Å². The van der Waals surface area contributed by atoms with Crippen molar-refractivity contribution in [3.05, 3.63) is 53.9 Å². The summed E-state index contributed by atoms with van der Waals surface area (Å²) >= 11 is 0. The molecular formula is C16H21N3O. The van der Waals surface area contributed by atoms with E-state index in [0.29, 0.717) is 5.69 Å². The predicted octanol–water partition coefficient (Wildman–Crippen LogP) is 2.87. The lowest BCUT2D eigenvalue weighted by Gasteiger charge is -2.09. The fourth-order valence-corrected chi connectivity index (χ4v) is 2.12. The van der Waals surface area contributed by atoms with Gasteiger partial charge in [0, 0.05) is 25.0 Å². The second-order valence-corrected chi connectivity index (χ2v) is 4.61. The van der Waals surface area contributed by atoms with Gasteiger partial charge in [-0.05, 0) is 43.3 Å². The highest BCUT2D eigenvalue weighted by Crippen LogP contribution is 2.13. The normalized spacial score (nSPS) is 10.5. The van der Waals surface area contributed by atoms with Crippen LogP contribution in [-0.4, -0.2) is 17.0 Å². The van der Waals surface area contributed by atoms with Crippen LogP contribution in [0.15, 0.2) is 42.6 Å². The minimum Gasteiger partial charge on any atom is -0.344 e. The van der Waals surface area contributed by atoms with Crippen LogP contribution in [0.5, 0.6) is 0 Å². The highest BCUT2D eigenvalue weighted by molar-refractivity contribution is 6.03. The Morgan fingerprint density at radius 3 is 2.80 bits per heavy atom. The van der Waals surface area contributed by atoms with E-state index in [1.807, 2.05) is 54.1 Å². The highest BCUT2D eigenvalue weighted by Gasteiger charge is 2.10. The first-order valence-corrected chi connectivity index (χ1v) is 7.00. The van der Waals surface area contributed by atoms with Gasteiger partial charge in [0.05, 0.1) is 0 Å². The zero-order chi connectivity index (χ0) is 14.4. The van der Waals surface area contributed by atoms with Crippen LogP contribution in [0.4, 0.5) is 5.69 Å². The Morgan fingerprint density at radius 1 is 1.20 bits per heavy atom. The summed E-state index contributed by atoms with van der Waals surface area (Å²) in [6, 6.07) is 11.6. The molecule has 0 atom stereocenters. The number of carbonyl (C=O) groups is 1.